The van der Waals surface area contributed by atoms with E-state index in [0.717, 1.165) is 11.8 Å². The average molecular weight is 402 g/mol. The zero-order valence-corrected chi connectivity index (χ0v) is 16.0. The standard InChI is InChI=1S/C18H14N2O5S2/c1-24-14-5-3-4-11(16(14)25-2)10-15-17(21)19(18(26)27-15)12-6-8-13(9-7-12)20(22)23/h3-10H,1-2H3/b15-10+. The van der Waals surface area contributed by atoms with Gasteiger partial charge in [0.2, 0.25) is 0 Å². The number of hydrogen-bond acceptors (Lipinski definition) is 7. The van der Waals surface area contributed by atoms with Gasteiger partial charge >= 0.3 is 0 Å². The molecule has 0 saturated carbocycles. The van der Waals surface area contributed by atoms with Gasteiger partial charge in [0.25, 0.3) is 11.6 Å². The summed E-state index contributed by atoms with van der Waals surface area (Å²) < 4.78 is 11.0. The highest BCUT2D eigenvalue weighted by Crippen LogP contribution is 2.39. The highest BCUT2D eigenvalue weighted by Gasteiger charge is 2.33. The van der Waals surface area contributed by atoms with Crippen molar-refractivity contribution >= 4 is 51.7 Å². The molecule has 0 aromatic heterocycles. The Hall–Kier alpha value is -2.91. The summed E-state index contributed by atoms with van der Waals surface area (Å²) in [6.07, 6.45) is 1.69. The molecule has 0 aliphatic carbocycles. The summed E-state index contributed by atoms with van der Waals surface area (Å²) in [6.45, 7) is 0. The molecule has 3 rings (SSSR count). The summed E-state index contributed by atoms with van der Waals surface area (Å²) in [5.41, 5.74) is 1.10. The number of thiocarbonyl (C=S) groups is 1. The van der Waals surface area contributed by atoms with Gasteiger partial charge in [0.05, 0.1) is 29.7 Å². The first-order valence-electron chi connectivity index (χ1n) is 7.69. The van der Waals surface area contributed by atoms with Crippen LogP contribution in [0.3, 0.4) is 0 Å². The minimum absolute atomic E-state index is 0.0548. The number of non-ortho nitro benzene ring substituents is 1. The van der Waals surface area contributed by atoms with Gasteiger partial charge < -0.3 is 9.47 Å². The van der Waals surface area contributed by atoms with E-state index in [9.17, 15) is 14.9 Å². The number of para-hydroxylation sites is 1. The lowest BCUT2D eigenvalue weighted by Crippen LogP contribution is -2.27. The van der Waals surface area contributed by atoms with E-state index in [-0.39, 0.29) is 11.6 Å². The summed E-state index contributed by atoms with van der Waals surface area (Å²) in [7, 11) is 3.06. The van der Waals surface area contributed by atoms with Crippen molar-refractivity contribution in [3.8, 4) is 11.5 Å². The Bertz CT molecular complexity index is 957. The number of rotatable bonds is 5. The number of nitrogens with zero attached hydrogens (tertiary/aromatic N) is 2. The van der Waals surface area contributed by atoms with Crippen LogP contribution in [-0.4, -0.2) is 29.4 Å². The summed E-state index contributed by atoms with van der Waals surface area (Å²) in [5.74, 6) is 0.765. The number of hydrogen-bond donors (Lipinski definition) is 0. The Balaban J connectivity index is 1.95. The third-order valence-electron chi connectivity index (χ3n) is 3.83. The van der Waals surface area contributed by atoms with Crippen LogP contribution in [-0.2, 0) is 4.79 Å². The molecule has 0 atom stereocenters. The number of carbonyl (C=O) groups is 1. The predicted octanol–water partition coefficient (Wildman–Crippen LogP) is 4.02. The summed E-state index contributed by atoms with van der Waals surface area (Å²) >= 11 is 6.48. The van der Waals surface area contributed by atoms with E-state index in [4.69, 9.17) is 21.7 Å². The van der Waals surface area contributed by atoms with Crippen molar-refractivity contribution in [1.82, 2.24) is 0 Å². The number of methoxy groups -OCH3 is 2. The zero-order chi connectivity index (χ0) is 19.6. The molecule has 1 amide bonds. The minimum atomic E-state index is -0.497. The third kappa shape index (κ3) is 3.64. The van der Waals surface area contributed by atoms with Gasteiger partial charge in [-0.15, -0.1) is 0 Å². The molecule has 27 heavy (non-hydrogen) atoms. The van der Waals surface area contributed by atoms with Crippen LogP contribution in [0.1, 0.15) is 5.56 Å². The molecule has 1 fully saturated rings. The van der Waals surface area contributed by atoms with Gasteiger partial charge in [0, 0.05) is 17.7 Å². The molecule has 1 aliphatic rings. The van der Waals surface area contributed by atoms with Gasteiger partial charge in [0.15, 0.2) is 15.8 Å². The van der Waals surface area contributed by atoms with Crippen LogP contribution in [0.4, 0.5) is 11.4 Å². The number of thioether (sulfide) groups is 1. The molecule has 138 valence electrons. The molecule has 1 saturated heterocycles. The van der Waals surface area contributed by atoms with Crippen molar-refractivity contribution < 1.29 is 19.2 Å². The van der Waals surface area contributed by atoms with Crippen LogP contribution in [0.15, 0.2) is 47.4 Å². The van der Waals surface area contributed by atoms with Gasteiger partial charge in [-0.2, -0.15) is 0 Å². The fourth-order valence-electron chi connectivity index (χ4n) is 2.58. The first-order chi connectivity index (χ1) is 13.0. The lowest BCUT2D eigenvalue weighted by molar-refractivity contribution is -0.384. The van der Waals surface area contributed by atoms with Crippen molar-refractivity contribution in [3.05, 3.63) is 63.0 Å². The molecule has 0 radical (unpaired) electrons. The lowest BCUT2D eigenvalue weighted by Gasteiger charge is -2.14. The third-order valence-corrected chi connectivity index (χ3v) is 5.13. The highest BCUT2D eigenvalue weighted by atomic mass is 32.2. The van der Waals surface area contributed by atoms with Crippen molar-refractivity contribution in [1.29, 1.82) is 0 Å². The van der Waals surface area contributed by atoms with Crippen LogP contribution in [0.25, 0.3) is 6.08 Å². The molecule has 2 aromatic rings. The van der Waals surface area contributed by atoms with Crippen molar-refractivity contribution in [2.75, 3.05) is 19.1 Å². The number of anilines is 1. The number of ether oxygens (including phenoxy) is 2. The molecule has 0 unspecified atom stereocenters. The summed E-state index contributed by atoms with van der Waals surface area (Å²) in [6, 6.07) is 11.0. The Morgan fingerprint density at radius 2 is 1.85 bits per heavy atom. The maximum absolute atomic E-state index is 12.8. The average Bonchev–Trinajstić information content (AvgIpc) is 2.94. The largest absolute Gasteiger partial charge is 0.493 e. The molecule has 0 N–H and O–H groups in total. The molecular formula is C18H14N2O5S2. The van der Waals surface area contributed by atoms with Gasteiger partial charge in [-0.3, -0.25) is 19.8 Å². The Morgan fingerprint density at radius 1 is 1.15 bits per heavy atom. The van der Waals surface area contributed by atoms with Crippen LogP contribution < -0.4 is 14.4 Å². The Labute approximate surface area is 164 Å². The number of nitro groups is 1. The zero-order valence-electron chi connectivity index (χ0n) is 14.4. The SMILES string of the molecule is COc1cccc(/C=C2/SC(=S)N(c3ccc([N+](=O)[O-])cc3)C2=O)c1OC. The Morgan fingerprint density at radius 3 is 2.44 bits per heavy atom. The van der Waals surface area contributed by atoms with E-state index in [1.54, 1.807) is 24.3 Å². The van der Waals surface area contributed by atoms with Gasteiger partial charge in [-0.1, -0.05) is 36.1 Å². The maximum atomic E-state index is 12.8. The smallest absolute Gasteiger partial charge is 0.270 e. The van der Waals surface area contributed by atoms with E-state index in [2.05, 4.69) is 0 Å². The van der Waals surface area contributed by atoms with Crippen molar-refractivity contribution in [2.24, 2.45) is 0 Å². The van der Waals surface area contributed by atoms with Crippen LogP contribution in [0.5, 0.6) is 11.5 Å². The van der Waals surface area contributed by atoms with Crippen LogP contribution in [0.2, 0.25) is 0 Å². The lowest BCUT2D eigenvalue weighted by atomic mass is 10.1. The fourth-order valence-corrected chi connectivity index (χ4v) is 3.87. The number of carbonyl (C=O) groups excluding carboxylic acids is 1. The van der Waals surface area contributed by atoms with Gasteiger partial charge in [0.1, 0.15) is 0 Å². The second-order valence-corrected chi connectivity index (χ2v) is 7.05. The highest BCUT2D eigenvalue weighted by molar-refractivity contribution is 8.27. The molecular weight excluding hydrogens is 388 g/mol. The Kier molecular flexibility index (Phi) is 5.43. The summed E-state index contributed by atoms with van der Waals surface area (Å²) in [5, 5.41) is 10.8. The van der Waals surface area contributed by atoms with Gasteiger partial charge in [-0.25, -0.2) is 0 Å². The second-order valence-electron chi connectivity index (χ2n) is 5.37. The number of amides is 1. The second kappa shape index (κ2) is 7.77. The van der Waals surface area contributed by atoms with Crippen molar-refractivity contribution in [3.63, 3.8) is 0 Å². The van der Waals surface area contributed by atoms with Crippen LogP contribution in [0, 0.1) is 10.1 Å². The van der Waals surface area contributed by atoms with Gasteiger partial charge in [-0.05, 0) is 24.3 Å². The molecule has 1 aliphatic heterocycles. The predicted molar refractivity (Wildman–Crippen MR) is 108 cm³/mol. The van der Waals surface area contributed by atoms with Crippen LogP contribution >= 0.6 is 24.0 Å². The first kappa shape index (κ1) is 18.9. The normalized spacial score (nSPS) is 15.3. The molecule has 9 heteroatoms. The fraction of sp³-hybridized carbons (Fsp3) is 0.111. The number of benzene rings is 2. The minimum Gasteiger partial charge on any atom is -0.493 e. The number of nitro benzene ring substituents is 1. The van der Waals surface area contributed by atoms with E-state index in [1.165, 1.54) is 43.4 Å². The first-order valence-corrected chi connectivity index (χ1v) is 8.92. The molecule has 1 heterocycles. The summed E-state index contributed by atoms with van der Waals surface area (Å²) in [4.78, 5) is 24.9. The molecule has 7 nitrogen and oxygen atoms in total. The quantitative estimate of drug-likeness (QED) is 0.323. The molecule has 0 spiro atoms. The molecule has 0 bridgehead atoms. The maximum Gasteiger partial charge on any atom is 0.270 e. The van der Waals surface area contributed by atoms with E-state index < -0.39 is 4.92 Å². The van der Waals surface area contributed by atoms with E-state index in [1.807, 2.05) is 0 Å². The monoisotopic (exact) mass is 402 g/mol. The van der Waals surface area contributed by atoms with Crippen molar-refractivity contribution in [2.45, 2.75) is 0 Å². The van der Waals surface area contributed by atoms with E-state index in [0.29, 0.717) is 32.0 Å². The topological polar surface area (TPSA) is 81.9 Å². The van der Waals surface area contributed by atoms with E-state index >= 15 is 0 Å². The molecule has 2 aromatic carbocycles.